The molecule has 1 heterocycles. The van der Waals surface area contributed by atoms with E-state index in [2.05, 4.69) is 36.2 Å². The third-order valence-corrected chi connectivity index (χ3v) is 5.91. The van der Waals surface area contributed by atoms with Gasteiger partial charge in [0.2, 0.25) is 5.91 Å². The molecule has 26 heavy (non-hydrogen) atoms. The number of rotatable bonds is 6. The van der Waals surface area contributed by atoms with Crippen LogP contribution in [0.1, 0.15) is 11.1 Å². The van der Waals surface area contributed by atoms with Crippen molar-refractivity contribution < 1.29 is 9.53 Å². The van der Waals surface area contributed by atoms with Gasteiger partial charge in [-0.15, -0.1) is 11.8 Å². The van der Waals surface area contributed by atoms with E-state index in [4.69, 9.17) is 4.74 Å². The molecular weight excluding hydrogens is 344 g/mol. The minimum absolute atomic E-state index is 0.157. The zero-order valence-electron chi connectivity index (χ0n) is 15.6. The molecule has 3 rings (SSSR count). The highest BCUT2D eigenvalue weighted by Gasteiger charge is 2.25. The highest BCUT2D eigenvalue weighted by molar-refractivity contribution is 8.00. The number of ether oxygens (including phenoxy) is 1. The fourth-order valence-corrected chi connectivity index (χ4v) is 4.17. The summed E-state index contributed by atoms with van der Waals surface area (Å²) in [6.45, 7) is 1.70. The molecule has 2 aromatic carbocycles. The largest absolute Gasteiger partial charge is 0.497 e. The van der Waals surface area contributed by atoms with Gasteiger partial charge < -0.3 is 9.64 Å². The third kappa shape index (κ3) is 4.59. The van der Waals surface area contributed by atoms with Crippen LogP contribution in [0.25, 0.3) is 0 Å². The summed E-state index contributed by atoms with van der Waals surface area (Å²) in [6.07, 6.45) is 0.993. The predicted octanol–water partition coefficient (Wildman–Crippen LogP) is 3.30. The lowest BCUT2D eigenvalue weighted by Crippen LogP contribution is -2.46. The first-order valence-electron chi connectivity index (χ1n) is 8.84. The van der Waals surface area contributed by atoms with Crippen molar-refractivity contribution in [3.8, 4) is 5.75 Å². The van der Waals surface area contributed by atoms with E-state index in [-0.39, 0.29) is 5.91 Å². The Labute approximate surface area is 160 Å². The zero-order chi connectivity index (χ0) is 18.5. The van der Waals surface area contributed by atoms with E-state index in [0.717, 1.165) is 30.2 Å². The summed E-state index contributed by atoms with van der Waals surface area (Å²) in [4.78, 5) is 17.8. The topological polar surface area (TPSA) is 32.8 Å². The Hall–Kier alpha value is -1.98. The number of fused-ring (bicyclic) bond motifs is 1. The Kier molecular flexibility index (Phi) is 6.22. The van der Waals surface area contributed by atoms with Crippen molar-refractivity contribution in [1.82, 2.24) is 9.80 Å². The van der Waals surface area contributed by atoms with Crippen LogP contribution in [0.2, 0.25) is 0 Å². The van der Waals surface area contributed by atoms with Gasteiger partial charge in [-0.3, -0.25) is 9.69 Å². The quantitative estimate of drug-likeness (QED) is 0.731. The number of hydrogen-bond acceptors (Lipinski definition) is 4. The number of hydrogen-bond donors (Lipinski definition) is 0. The van der Waals surface area contributed by atoms with Gasteiger partial charge in [0.05, 0.1) is 12.9 Å². The van der Waals surface area contributed by atoms with Crippen LogP contribution in [0.4, 0.5) is 0 Å². The molecule has 4 nitrogen and oxygen atoms in total. The number of thioether (sulfide) groups is 1. The number of carbonyl (C=O) groups is 1. The lowest BCUT2D eigenvalue weighted by molar-refractivity contribution is -0.127. The van der Waals surface area contributed by atoms with Gasteiger partial charge in [-0.1, -0.05) is 30.3 Å². The number of amides is 1. The fourth-order valence-electron chi connectivity index (χ4n) is 3.29. The van der Waals surface area contributed by atoms with Crippen molar-refractivity contribution in [3.05, 3.63) is 59.7 Å². The molecule has 0 spiro atoms. The van der Waals surface area contributed by atoms with Gasteiger partial charge in [0.15, 0.2) is 0 Å². The fraction of sp³-hybridized carbons (Fsp3) is 0.381. The first-order chi connectivity index (χ1) is 12.6. The molecule has 2 aromatic rings. The molecule has 0 aliphatic carbocycles. The lowest BCUT2D eigenvalue weighted by atomic mass is 9.94. The molecule has 1 atom stereocenters. The molecule has 0 radical (unpaired) electrons. The first kappa shape index (κ1) is 18.8. The number of carbonyl (C=O) groups excluding carboxylic acids is 1. The van der Waals surface area contributed by atoms with E-state index in [1.54, 1.807) is 18.9 Å². The maximum Gasteiger partial charge on any atom is 0.232 e. The van der Waals surface area contributed by atoms with Crippen molar-refractivity contribution in [2.45, 2.75) is 23.9 Å². The normalized spacial score (nSPS) is 16.8. The average molecular weight is 371 g/mol. The van der Waals surface area contributed by atoms with Crippen molar-refractivity contribution in [2.75, 3.05) is 33.5 Å². The minimum atomic E-state index is 0.157. The maximum atomic E-state index is 12.6. The van der Waals surface area contributed by atoms with E-state index >= 15 is 0 Å². The van der Waals surface area contributed by atoms with Crippen LogP contribution in [0.5, 0.6) is 5.75 Å². The Morgan fingerprint density at radius 3 is 2.77 bits per heavy atom. The minimum Gasteiger partial charge on any atom is -0.497 e. The number of nitrogens with zero attached hydrogens (tertiary/aromatic N) is 2. The highest BCUT2D eigenvalue weighted by atomic mass is 32.2. The SMILES string of the molecule is COc1cccc(SCC(=O)N(C)CC2Cc3ccccc3CN2C)c1. The first-order valence-corrected chi connectivity index (χ1v) is 9.83. The number of likely N-dealkylation sites (N-methyl/N-ethyl adjacent to an activating group) is 2. The predicted molar refractivity (Wildman–Crippen MR) is 107 cm³/mol. The van der Waals surface area contributed by atoms with E-state index < -0.39 is 0 Å². The molecule has 1 aliphatic rings. The van der Waals surface area contributed by atoms with Crippen molar-refractivity contribution in [1.29, 1.82) is 0 Å². The molecule has 1 amide bonds. The summed E-state index contributed by atoms with van der Waals surface area (Å²) in [6, 6.07) is 16.8. The summed E-state index contributed by atoms with van der Waals surface area (Å²) < 4.78 is 5.24. The molecule has 0 N–H and O–H groups in total. The van der Waals surface area contributed by atoms with Crippen LogP contribution in [0, 0.1) is 0 Å². The van der Waals surface area contributed by atoms with Crippen LogP contribution in [0.15, 0.2) is 53.4 Å². The molecule has 0 fully saturated rings. The van der Waals surface area contributed by atoms with Crippen molar-refractivity contribution >= 4 is 17.7 Å². The highest BCUT2D eigenvalue weighted by Crippen LogP contribution is 2.24. The van der Waals surface area contributed by atoms with Crippen LogP contribution in [-0.4, -0.2) is 55.3 Å². The molecule has 0 saturated heterocycles. The van der Waals surface area contributed by atoms with Gasteiger partial charge in [-0.25, -0.2) is 0 Å². The smallest absolute Gasteiger partial charge is 0.232 e. The second-order valence-corrected chi connectivity index (χ2v) is 7.83. The van der Waals surface area contributed by atoms with Crippen LogP contribution in [-0.2, 0) is 17.8 Å². The summed E-state index contributed by atoms with van der Waals surface area (Å²) in [5.41, 5.74) is 2.80. The van der Waals surface area contributed by atoms with E-state index in [0.29, 0.717) is 11.8 Å². The number of benzene rings is 2. The van der Waals surface area contributed by atoms with Crippen LogP contribution >= 0.6 is 11.8 Å². The van der Waals surface area contributed by atoms with Gasteiger partial charge in [0.1, 0.15) is 5.75 Å². The molecule has 5 heteroatoms. The lowest BCUT2D eigenvalue weighted by Gasteiger charge is -2.36. The Morgan fingerprint density at radius 1 is 1.23 bits per heavy atom. The number of methoxy groups -OCH3 is 1. The van der Waals surface area contributed by atoms with E-state index in [1.165, 1.54) is 11.1 Å². The second kappa shape index (κ2) is 8.60. The van der Waals surface area contributed by atoms with Gasteiger partial charge in [0.25, 0.3) is 0 Å². The zero-order valence-corrected chi connectivity index (χ0v) is 16.5. The average Bonchev–Trinajstić information content (AvgIpc) is 2.66. The maximum absolute atomic E-state index is 12.6. The molecular formula is C21H26N2O2S. The van der Waals surface area contributed by atoms with Crippen molar-refractivity contribution in [3.63, 3.8) is 0 Å². The molecule has 138 valence electrons. The van der Waals surface area contributed by atoms with Gasteiger partial charge in [-0.05, 0) is 42.8 Å². The molecule has 1 aliphatic heterocycles. The Balaban J connectivity index is 1.54. The van der Waals surface area contributed by atoms with Crippen LogP contribution < -0.4 is 4.74 Å². The van der Waals surface area contributed by atoms with Gasteiger partial charge >= 0.3 is 0 Å². The Bertz CT molecular complexity index is 765. The van der Waals surface area contributed by atoms with Crippen LogP contribution in [0.3, 0.4) is 0 Å². The molecule has 1 unspecified atom stereocenters. The van der Waals surface area contributed by atoms with Gasteiger partial charge in [0, 0.05) is 31.1 Å². The molecule has 0 saturated carbocycles. The van der Waals surface area contributed by atoms with Gasteiger partial charge in [-0.2, -0.15) is 0 Å². The Morgan fingerprint density at radius 2 is 2.00 bits per heavy atom. The second-order valence-electron chi connectivity index (χ2n) is 6.78. The summed E-state index contributed by atoms with van der Waals surface area (Å²) in [7, 11) is 5.70. The summed E-state index contributed by atoms with van der Waals surface area (Å²) in [5, 5.41) is 0. The van der Waals surface area contributed by atoms with E-state index in [1.807, 2.05) is 36.2 Å². The summed E-state index contributed by atoms with van der Waals surface area (Å²) >= 11 is 1.55. The van der Waals surface area contributed by atoms with Crippen molar-refractivity contribution in [2.24, 2.45) is 0 Å². The molecule has 0 bridgehead atoms. The van der Waals surface area contributed by atoms with E-state index in [9.17, 15) is 4.79 Å². The monoisotopic (exact) mass is 370 g/mol. The third-order valence-electron chi connectivity index (χ3n) is 4.93. The summed E-state index contributed by atoms with van der Waals surface area (Å²) in [5.74, 6) is 1.42. The standard InChI is InChI=1S/C21H26N2O2S/c1-22-13-17-8-5-4-7-16(17)11-18(22)14-23(2)21(24)15-26-20-10-6-9-19(12-20)25-3/h4-10,12,18H,11,13-15H2,1-3H3. The molecule has 0 aromatic heterocycles.